The van der Waals surface area contributed by atoms with Gasteiger partial charge in [-0.2, -0.15) is 8.42 Å². The molecule has 1 heterocycles. The van der Waals surface area contributed by atoms with E-state index < -0.39 is 21.3 Å². The van der Waals surface area contributed by atoms with E-state index in [1.54, 1.807) is 30.3 Å². The lowest BCUT2D eigenvalue weighted by Crippen LogP contribution is -2.17. The highest BCUT2D eigenvalue weighted by Gasteiger charge is 2.26. The monoisotopic (exact) mass is 403 g/mol. The van der Waals surface area contributed by atoms with Crippen LogP contribution in [0.5, 0.6) is 5.75 Å². The Bertz CT molecular complexity index is 1020. The second kappa shape index (κ2) is 7.58. The van der Waals surface area contributed by atoms with E-state index in [4.69, 9.17) is 4.18 Å². The van der Waals surface area contributed by atoms with Crippen LogP contribution in [-0.2, 0) is 14.9 Å². The van der Waals surface area contributed by atoms with Gasteiger partial charge < -0.3 is 4.18 Å². The van der Waals surface area contributed by atoms with Crippen LogP contribution >= 0.6 is 11.8 Å². The summed E-state index contributed by atoms with van der Waals surface area (Å²) >= 11 is 0.752. The number of para-hydroxylation sites is 1. The number of imide groups is 1. The number of thioether (sulfide) groups is 1. The van der Waals surface area contributed by atoms with Crippen molar-refractivity contribution in [1.82, 2.24) is 5.32 Å². The SMILES string of the molecule is CC(C)c1ccc(S(=O)(=O)Oc2ccccc2/C=C2\SC(=O)NC2=O)cc1. The quantitative estimate of drug-likeness (QED) is 0.602. The molecule has 1 fully saturated rings. The largest absolute Gasteiger partial charge is 0.378 e. The summed E-state index contributed by atoms with van der Waals surface area (Å²) in [6.45, 7) is 4.04. The Balaban J connectivity index is 1.90. The molecular formula is C19H17NO5S2. The van der Waals surface area contributed by atoms with E-state index in [1.165, 1.54) is 24.3 Å². The Morgan fingerprint density at radius 3 is 2.30 bits per heavy atom. The lowest BCUT2D eigenvalue weighted by Gasteiger charge is -2.11. The summed E-state index contributed by atoms with van der Waals surface area (Å²) in [6.07, 6.45) is 1.43. The summed E-state index contributed by atoms with van der Waals surface area (Å²) in [5, 5.41) is 1.68. The molecule has 2 amide bonds. The normalized spacial score (nSPS) is 16.0. The van der Waals surface area contributed by atoms with Crippen LogP contribution < -0.4 is 9.50 Å². The topological polar surface area (TPSA) is 89.5 Å². The summed E-state index contributed by atoms with van der Waals surface area (Å²) < 4.78 is 30.5. The maximum Gasteiger partial charge on any atom is 0.339 e. The van der Waals surface area contributed by atoms with Crippen molar-refractivity contribution in [1.29, 1.82) is 0 Å². The van der Waals surface area contributed by atoms with E-state index in [0.29, 0.717) is 5.56 Å². The molecular weight excluding hydrogens is 386 g/mol. The van der Waals surface area contributed by atoms with E-state index in [0.717, 1.165) is 17.3 Å². The molecule has 0 saturated carbocycles. The number of benzene rings is 2. The maximum absolute atomic E-state index is 12.6. The van der Waals surface area contributed by atoms with Crippen LogP contribution in [0.4, 0.5) is 4.79 Å². The third-order valence-electron chi connectivity index (χ3n) is 3.88. The summed E-state index contributed by atoms with van der Waals surface area (Å²) in [5.74, 6) is -0.162. The van der Waals surface area contributed by atoms with Crippen LogP contribution in [0.15, 0.2) is 58.3 Å². The van der Waals surface area contributed by atoms with Gasteiger partial charge in [0.05, 0.1) is 4.91 Å². The summed E-state index contributed by atoms with van der Waals surface area (Å²) in [5.41, 5.74) is 1.40. The maximum atomic E-state index is 12.6. The molecule has 140 valence electrons. The standard InChI is InChI=1S/C19H17NO5S2/c1-12(2)13-7-9-15(10-8-13)27(23,24)25-16-6-4-3-5-14(16)11-17-18(21)20-19(22)26-17/h3-12H,1-2H3,(H,20,21,22)/b17-11-. The fourth-order valence-corrected chi connectivity index (χ4v) is 4.05. The van der Waals surface area contributed by atoms with Gasteiger partial charge in [0.15, 0.2) is 0 Å². The van der Waals surface area contributed by atoms with Gasteiger partial charge in [-0.05, 0) is 47.5 Å². The molecule has 1 N–H and O–H groups in total. The van der Waals surface area contributed by atoms with Crippen molar-refractivity contribution >= 4 is 39.1 Å². The van der Waals surface area contributed by atoms with Crippen LogP contribution in [0.25, 0.3) is 6.08 Å². The summed E-state index contributed by atoms with van der Waals surface area (Å²) in [6, 6.07) is 12.9. The molecule has 1 saturated heterocycles. The first-order valence-electron chi connectivity index (χ1n) is 8.14. The van der Waals surface area contributed by atoms with E-state index >= 15 is 0 Å². The lowest BCUT2D eigenvalue weighted by atomic mass is 10.0. The molecule has 0 aromatic heterocycles. The Morgan fingerprint density at radius 2 is 1.70 bits per heavy atom. The zero-order valence-corrected chi connectivity index (χ0v) is 16.3. The molecule has 8 heteroatoms. The van der Waals surface area contributed by atoms with Gasteiger partial charge in [-0.3, -0.25) is 14.9 Å². The van der Waals surface area contributed by atoms with Crippen molar-refractivity contribution < 1.29 is 22.2 Å². The smallest absolute Gasteiger partial charge is 0.339 e. The number of rotatable bonds is 5. The Hall–Kier alpha value is -2.58. The summed E-state index contributed by atoms with van der Waals surface area (Å²) in [4.78, 5) is 23.2. The van der Waals surface area contributed by atoms with Crippen molar-refractivity contribution in [3.05, 3.63) is 64.6 Å². The molecule has 2 aromatic carbocycles. The number of hydrogen-bond donors (Lipinski definition) is 1. The van der Waals surface area contributed by atoms with Crippen molar-refractivity contribution in [2.45, 2.75) is 24.7 Å². The van der Waals surface area contributed by atoms with Crippen LogP contribution in [0.2, 0.25) is 0 Å². The highest BCUT2D eigenvalue weighted by Crippen LogP contribution is 2.30. The molecule has 0 unspecified atom stereocenters. The van der Waals surface area contributed by atoms with Crippen LogP contribution in [0.1, 0.15) is 30.9 Å². The van der Waals surface area contributed by atoms with Gasteiger partial charge >= 0.3 is 10.1 Å². The number of carbonyl (C=O) groups excluding carboxylic acids is 2. The van der Waals surface area contributed by atoms with Crippen molar-refractivity contribution in [2.75, 3.05) is 0 Å². The average Bonchev–Trinajstić information content (AvgIpc) is 2.93. The minimum atomic E-state index is -4.04. The van der Waals surface area contributed by atoms with E-state index in [1.807, 2.05) is 13.8 Å². The van der Waals surface area contributed by atoms with Gasteiger partial charge in [-0.15, -0.1) is 0 Å². The molecule has 0 spiro atoms. The average molecular weight is 403 g/mol. The first-order chi connectivity index (χ1) is 12.8. The molecule has 0 atom stereocenters. The molecule has 0 radical (unpaired) electrons. The van der Waals surface area contributed by atoms with Crippen LogP contribution in [0, 0.1) is 0 Å². The molecule has 6 nitrogen and oxygen atoms in total. The number of carbonyl (C=O) groups is 2. The van der Waals surface area contributed by atoms with Gasteiger partial charge in [0.25, 0.3) is 11.1 Å². The zero-order valence-electron chi connectivity index (χ0n) is 14.6. The first-order valence-corrected chi connectivity index (χ1v) is 10.4. The first kappa shape index (κ1) is 19.2. The second-order valence-electron chi connectivity index (χ2n) is 6.15. The van der Waals surface area contributed by atoms with Gasteiger partial charge in [0.2, 0.25) is 0 Å². The van der Waals surface area contributed by atoms with Gasteiger partial charge in [-0.25, -0.2) is 0 Å². The molecule has 0 aliphatic carbocycles. The van der Waals surface area contributed by atoms with E-state index in [2.05, 4.69) is 5.32 Å². The summed E-state index contributed by atoms with van der Waals surface area (Å²) in [7, 11) is -4.04. The Labute approximate surface area is 161 Å². The fourth-order valence-electron chi connectivity index (χ4n) is 2.42. The highest BCUT2D eigenvalue weighted by molar-refractivity contribution is 8.18. The predicted octanol–water partition coefficient (Wildman–Crippen LogP) is 3.90. The van der Waals surface area contributed by atoms with Crippen molar-refractivity contribution in [2.24, 2.45) is 0 Å². The van der Waals surface area contributed by atoms with Crippen LogP contribution in [0.3, 0.4) is 0 Å². The Kier molecular flexibility index (Phi) is 5.38. The van der Waals surface area contributed by atoms with E-state index in [-0.39, 0.29) is 21.5 Å². The third kappa shape index (κ3) is 4.40. The van der Waals surface area contributed by atoms with Crippen molar-refractivity contribution in [3.8, 4) is 5.75 Å². The highest BCUT2D eigenvalue weighted by atomic mass is 32.2. The van der Waals surface area contributed by atoms with Crippen LogP contribution in [-0.4, -0.2) is 19.6 Å². The number of amides is 2. The molecule has 0 bridgehead atoms. The minimum absolute atomic E-state index is 0.0394. The van der Waals surface area contributed by atoms with Gasteiger partial charge in [0.1, 0.15) is 10.6 Å². The molecule has 1 aliphatic heterocycles. The number of hydrogen-bond acceptors (Lipinski definition) is 6. The zero-order chi connectivity index (χ0) is 19.6. The number of nitrogens with one attached hydrogen (secondary N) is 1. The van der Waals surface area contributed by atoms with Gasteiger partial charge in [0, 0.05) is 5.56 Å². The Morgan fingerprint density at radius 1 is 1.04 bits per heavy atom. The van der Waals surface area contributed by atoms with Gasteiger partial charge in [-0.1, -0.05) is 44.2 Å². The predicted molar refractivity (Wildman–Crippen MR) is 104 cm³/mol. The lowest BCUT2D eigenvalue weighted by molar-refractivity contribution is -0.115. The minimum Gasteiger partial charge on any atom is -0.378 e. The third-order valence-corrected chi connectivity index (χ3v) is 5.94. The molecule has 27 heavy (non-hydrogen) atoms. The second-order valence-corrected chi connectivity index (χ2v) is 8.71. The van der Waals surface area contributed by atoms with Crippen molar-refractivity contribution in [3.63, 3.8) is 0 Å². The molecule has 3 rings (SSSR count). The molecule has 2 aromatic rings. The molecule has 1 aliphatic rings. The van der Waals surface area contributed by atoms with E-state index in [9.17, 15) is 18.0 Å². The fraction of sp³-hybridized carbons (Fsp3) is 0.158.